The molecule has 1 atom stereocenters. The minimum absolute atomic E-state index is 0.149. The van der Waals surface area contributed by atoms with Crippen molar-refractivity contribution in [2.24, 2.45) is 0 Å². The Labute approximate surface area is 188 Å². The summed E-state index contributed by atoms with van der Waals surface area (Å²) in [6.45, 7) is 4.06. The van der Waals surface area contributed by atoms with Crippen molar-refractivity contribution in [2.75, 3.05) is 11.9 Å². The summed E-state index contributed by atoms with van der Waals surface area (Å²) in [6, 6.07) is 13.2. The van der Waals surface area contributed by atoms with Gasteiger partial charge in [0, 0.05) is 22.3 Å². The average Bonchev–Trinajstić information content (AvgIpc) is 2.91. The number of hydrogen-bond acceptors (Lipinski definition) is 4. The molecule has 1 fully saturated rings. The van der Waals surface area contributed by atoms with Crippen LogP contribution in [-0.2, 0) is 9.59 Å². The monoisotopic (exact) mass is 488 g/mol. The second kappa shape index (κ2) is 9.36. The van der Waals surface area contributed by atoms with Crippen LogP contribution in [0, 0.1) is 6.92 Å². The number of amides is 3. The van der Waals surface area contributed by atoms with Crippen molar-refractivity contribution >= 4 is 56.7 Å². The highest BCUT2D eigenvalue weighted by molar-refractivity contribution is 9.10. The number of thiocarbonyl (C=S) groups is 1. The zero-order valence-electron chi connectivity index (χ0n) is 16.5. The Bertz CT molecular complexity index is 996. The Morgan fingerprint density at radius 1 is 1.17 bits per heavy atom. The summed E-state index contributed by atoms with van der Waals surface area (Å²) in [6.07, 6.45) is -0.149. The van der Waals surface area contributed by atoms with Crippen molar-refractivity contribution in [2.45, 2.75) is 26.3 Å². The maximum absolute atomic E-state index is 12.8. The van der Waals surface area contributed by atoms with E-state index in [-0.39, 0.29) is 23.3 Å². The zero-order chi connectivity index (χ0) is 21.8. The molecule has 1 aliphatic heterocycles. The standard InChI is InChI=1S/C21H21BrN4O3S/c1-3-25-20(29)17(12-18(27)23-16-6-4-5-13(2)11-16)26(21(25)30)24-19(28)14-7-9-15(22)10-8-14/h4-11,17H,3,12H2,1-2H3,(H,23,27)(H,24,28). The van der Waals surface area contributed by atoms with Crippen LogP contribution in [-0.4, -0.2) is 45.3 Å². The number of likely N-dealkylation sites (N-methyl/N-ethyl adjacent to an activating group) is 1. The third kappa shape index (κ3) is 4.85. The maximum Gasteiger partial charge on any atom is 0.269 e. The van der Waals surface area contributed by atoms with Crippen molar-refractivity contribution in [1.82, 2.24) is 15.3 Å². The molecule has 9 heteroatoms. The first-order valence-electron chi connectivity index (χ1n) is 9.37. The molecule has 2 aromatic carbocycles. The molecule has 1 heterocycles. The van der Waals surface area contributed by atoms with Crippen LogP contribution in [0.3, 0.4) is 0 Å². The van der Waals surface area contributed by atoms with Crippen LogP contribution in [0.4, 0.5) is 5.69 Å². The lowest BCUT2D eigenvalue weighted by Gasteiger charge is -2.24. The van der Waals surface area contributed by atoms with Crippen molar-refractivity contribution in [1.29, 1.82) is 0 Å². The third-order valence-electron chi connectivity index (χ3n) is 4.62. The lowest BCUT2D eigenvalue weighted by Crippen LogP contribution is -2.49. The Hall–Kier alpha value is -2.78. The normalized spacial score (nSPS) is 16.0. The summed E-state index contributed by atoms with van der Waals surface area (Å²) >= 11 is 8.71. The SMILES string of the molecule is CCN1C(=O)C(CC(=O)Nc2cccc(C)c2)N(NC(=O)c2ccc(Br)cc2)C1=S. The fourth-order valence-electron chi connectivity index (χ4n) is 3.13. The molecule has 1 aliphatic rings. The number of benzene rings is 2. The molecule has 7 nitrogen and oxygen atoms in total. The van der Waals surface area contributed by atoms with Crippen molar-refractivity contribution < 1.29 is 14.4 Å². The number of carbonyl (C=O) groups excluding carboxylic acids is 3. The summed E-state index contributed by atoms with van der Waals surface area (Å²) in [5.74, 6) is -1.08. The number of carbonyl (C=O) groups is 3. The molecule has 3 amide bonds. The van der Waals surface area contributed by atoms with E-state index in [0.29, 0.717) is 17.8 Å². The van der Waals surface area contributed by atoms with Crippen molar-refractivity contribution in [3.63, 3.8) is 0 Å². The molecule has 30 heavy (non-hydrogen) atoms. The van der Waals surface area contributed by atoms with Crippen LogP contribution in [0.2, 0.25) is 0 Å². The summed E-state index contributed by atoms with van der Waals surface area (Å²) in [7, 11) is 0. The predicted molar refractivity (Wildman–Crippen MR) is 122 cm³/mol. The highest BCUT2D eigenvalue weighted by Gasteiger charge is 2.43. The van der Waals surface area contributed by atoms with E-state index in [2.05, 4.69) is 26.7 Å². The Kier molecular flexibility index (Phi) is 6.84. The Morgan fingerprint density at radius 3 is 2.50 bits per heavy atom. The first-order chi connectivity index (χ1) is 14.3. The van der Waals surface area contributed by atoms with Gasteiger partial charge in [-0.2, -0.15) is 0 Å². The second-order valence-electron chi connectivity index (χ2n) is 6.82. The van der Waals surface area contributed by atoms with Gasteiger partial charge in [0.15, 0.2) is 5.11 Å². The van der Waals surface area contributed by atoms with Gasteiger partial charge in [-0.15, -0.1) is 0 Å². The van der Waals surface area contributed by atoms with E-state index in [1.807, 2.05) is 25.1 Å². The van der Waals surface area contributed by atoms with Gasteiger partial charge >= 0.3 is 0 Å². The number of aryl methyl sites for hydroxylation is 1. The van der Waals surface area contributed by atoms with Gasteiger partial charge in [0.2, 0.25) is 5.91 Å². The number of nitrogens with one attached hydrogen (secondary N) is 2. The summed E-state index contributed by atoms with van der Waals surface area (Å²) in [5, 5.41) is 4.27. The first-order valence-corrected chi connectivity index (χ1v) is 10.6. The van der Waals surface area contributed by atoms with Crippen LogP contribution >= 0.6 is 28.1 Å². The molecule has 0 saturated carbocycles. The number of halogens is 1. The lowest BCUT2D eigenvalue weighted by atomic mass is 10.1. The summed E-state index contributed by atoms with van der Waals surface area (Å²) in [4.78, 5) is 39.5. The molecular formula is C21H21BrN4O3S. The van der Waals surface area contributed by atoms with Crippen LogP contribution in [0.5, 0.6) is 0 Å². The molecule has 0 radical (unpaired) electrons. The molecule has 0 aliphatic carbocycles. The van der Waals surface area contributed by atoms with Gasteiger partial charge in [-0.05, 0) is 68.0 Å². The van der Waals surface area contributed by atoms with Gasteiger partial charge in [0.05, 0.1) is 6.42 Å². The number of hydrogen-bond donors (Lipinski definition) is 2. The quantitative estimate of drug-likeness (QED) is 0.609. The van der Waals surface area contributed by atoms with Gasteiger partial charge in [0.1, 0.15) is 6.04 Å². The molecule has 0 bridgehead atoms. The van der Waals surface area contributed by atoms with Crippen molar-refractivity contribution in [3.05, 3.63) is 64.1 Å². The molecule has 156 valence electrons. The molecule has 0 spiro atoms. The minimum Gasteiger partial charge on any atom is -0.326 e. The molecule has 2 aromatic rings. The fraction of sp³-hybridized carbons (Fsp3) is 0.238. The minimum atomic E-state index is -0.915. The molecule has 1 saturated heterocycles. The van der Waals surface area contributed by atoms with E-state index in [1.165, 1.54) is 9.91 Å². The largest absolute Gasteiger partial charge is 0.326 e. The highest BCUT2D eigenvalue weighted by Crippen LogP contribution is 2.20. The van der Waals surface area contributed by atoms with Gasteiger partial charge in [-0.1, -0.05) is 28.1 Å². The molecule has 3 rings (SSSR count). The number of rotatable bonds is 6. The number of nitrogens with zero attached hydrogens (tertiary/aromatic N) is 2. The van der Waals surface area contributed by atoms with E-state index < -0.39 is 11.9 Å². The highest BCUT2D eigenvalue weighted by atomic mass is 79.9. The lowest BCUT2D eigenvalue weighted by molar-refractivity contribution is -0.130. The van der Waals surface area contributed by atoms with E-state index in [0.717, 1.165) is 10.0 Å². The maximum atomic E-state index is 12.8. The van der Waals surface area contributed by atoms with Crippen LogP contribution in [0.15, 0.2) is 53.0 Å². The van der Waals surface area contributed by atoms with Crippen LogP contribution in [0.1, 0.15) is 29.3 Å². The topological polar surface area (TPSA) is 81.8 Å². The van der Waals surface area contributed by atoms with Gasteiger partial charge < -0.3 is 5.32 Å². The smallest absolute Gasteiger partial charge is 0.269 e. The molecule has 0 aromatic heterocycles. The average molecular weight is 489 g/mol. The molecule has 2 N–H and O–H groups in total. The molecule has 1 unspecified atom stereocenters. The van der Waals surface area contributed by atoms with Gasteiger partial charge in [0.25, 0.3) is 11.8 Å². The van der Waals surface area contributed by atoms with Gasteiger partial charge in [-0.3, -0.25) is 24.7 Å². The van der Waals surface area contributed by atoms with E-state index in [1.54, 1.807) is 37.3 Å². The Balaban J connectivity index is 1.76. The number of hydrazine groups is 1. The van der Waals surface area contributed by atoms with Crippen LogP contribution < -0.4 is 10.7 Å². The van der Waals surface area contributed by atoms with Crippen LogP contribution in [0.25, 0.3) is 0 Å². The summed E-state index contributed by atoms with van der Waals surface area (Å²) in [5.41, 5.74) is 4.74. The first kappa shape index (κ1) is 21.9. The second-order valence-corrected chi connectivity index (χ2v) is 8.10. The zero-order valence-corrected chi connectivity index (χ0v) is 18.9. The predicted octanol–water partition coefficient (Wildman–Crippen LogP) is 3.25. The third-order valence-corrected chi connectivity index (χ3v) is 5.57. The van der Waals surface area contributed by atoms with E-state index >= 15 is 0 Å². The van der Waals surface area contributed by atoms with E-state index in [4.69, 9.17) is 12.2 Å². The fourth-order valence-corrected chi connectivity index (χ4v) is 3.79. The van der Waals surface area contributed by atoms with Gasteiger partial charge in [-0.25, -0.2) is 5.01 Å². The Morgan fingerprint density at radius 2 is 1.87 bits per heavy atom. The molecular weight excluding hydrogens is 468 g/mol. The van der Waals surface area contributed by atoms with Crippen molar-refractivity contribution in [3.8, 4) is 0 Å². The van der Waals surface area contributed by atoms with E-state index in [9.17, 15) is 14.4 Å². The summed E-state index contributed by atoms with van der Waals surface area (Å²) < 4.78 is 0.841. The number of anilines is 1.